The zero-order valence-corrected chi connectivity index (χ0v) is 19.6. The van der Waals surface area contributed by atoms with E-state index < -0.39 is 23.4 Å². The van der Waals surface area contributed by atoms with Gasteiger partial charge in [0.1, 0.15) is 12.1 Å². The number of hydrogen-bond acceptors (Lipinski definition) is 5. The third-order valence-electron chi connectivity index (χ3n) is 6.35. The van der Waals surface area contributed by atoms with E-state index in [1.54, 1.807) is 28.9 Å². The van der Waals surface area contributed by atoms with Crippen LogP contribution >= 0.6 is 28.1 Å². The Morgan fingerprint density at radius 1 is 1.18 bits per heavy atom. The van der Waals surface area contributed by atoms with E-state index in [-0.39, 0.29) is 29.8 Å². The number of rotatable bonds is 7. The minimum Gasteiger partial charge on any atom is -0.439 e. The highest BCUT2D eigenvalue weighted by Gasteiger charge is 2.60. The number of benzene rings is 1. The van der Waals surface area contributed by atoms with Crippen LogP contribution in [0.2, 0.25) is 0 Å². The van der Waals surface area contributed by atoms with E-state index in [1.807, 2.05) is 0 Å². The van der Waals surface area contributed by atoms with Gasteiger partial charge in [-0.1, -0.05) is 22.0 Å². The molecule has 2 aliphatic carbocycles. The number of hydrogen-bond donors (Lipinski definition) is 2. The fourth-order valence-electron chi connectivity index (χ4n) is 4.53. The van der Waals surface area contributed by atoms with E-state index in [2.05, 4.69) is 31.0 Å². The van der Waals surface area contributed by atoms with Crippen molar-refractivity contribution in [3.05, 3.63) is 63.2 Å². The normalized spacial score (nSPS) is 22.1. The van der Waals surface area contributed by atoms with Gasteiger partial charge >= 0.3 is 6.18 Å². The maximum atomic E-state index is 13.9. The number of ether oxygens (including phenoxy) is 1. The van der Waals surface area contributed by atoms with Gasteiger partial charge in [0.25, 0.3) is 0 Å². The SMILES string of the molecule is OC(Cn1[nH]cnc1=S)(C1CC1)C1CC1c1ccc(Oc2ccc(Br)cc2)nc1C(F)(F)F. The summed E-state index contributed by atoms with van der Waals surface area (Å²) in [7, 11) is 0. The molecule has 0 amide bonds. The van der Waals surface area contributed by atoms with E-state index in [4.69, 9.17) is 17.0 Å². The number of nitrogens with one attached hydrogen (secondary N) is 1. The zero-order valence-electron chi connectivity index (χ0n) is 17.2. The van der Waals surface area contributed by atoms with Crippen molar-refractivity contribution in [3.8, 4) is 11.6 Å². The molecule has 0 aliphatic heterocycles. The summed E-state index contributed by atoms with van der Waals surface area (Å²) in [5, 5.41) is 14.4. The Bertz CT molecular complexity index is 1230. The fraction of sp³-hybridized carbons (Fsp3) is 0.409. The third kappa shape index (κ3) is 4.58. The molecule has 0 bridgehead atoms. The molecule has 3 atom stereocenters. The lowest BCUT2D eigenvalue weighted by molar-refractivity contribution is -0.142. The Morgan fingerprint density at radius 2 is 1.91 bits per heavy atom. The maximum Gasteiger partial charge on any atom is 0.433 e. The van der Waals surface area contributed by atoms with Gasteiger partial charge in [0, 0.05) is 10.5 Å². The molecule has 11 heteroatoms. The van der Waals surface area contributed by atoms with Gasteiger partial charge in [-0.05, 0) is 79.1 Å². The van der Waals surface area contributed by atoms with Crippen molar-refractivity contribution in [2.45, 2.75) is 43.5 Å². The molecule has 0 saturated heterocycles. The first-order valence-corrected chi connectivity index (χ1v) is 11.7. The first-order valence-electron chi connectivity index (χ1n) is 10.5. The van der Waals surface area contributed by atoms with Crippen LogP contribution < -0.4 is 4.74 Å². The van der Waals surface area contributed by atoms with Crippen molar-refractivity contribution in [1.82, 2.24) is 19.7 Å². The molecule has 6 nitrogen and oxygen atoms in total. The van der Waals surface area contributed by atoms with Crippen molar-refractivity contribution >= 4 is 28.1 Å². The average molecular weight is 541 g/mol. The lowest BCUT2D eigenvalue weighted by Crippen LogP contribution is -2.40. The maximum absolute atomic E-state index is 13.9. The molecule has 33 heavy (non-hydrogen) atoms. The summed E-state index contributed by atoms with van der Waals surface area (Å²) in [6, 6.07) is 9.61. The van der Waals surface area contributed by atoms with Crippen molar-refractivity contribution in [2.24, 2.45) is 11.8 Å². The predicted octanol–water partition coefficient (Wildman–Crippen LogP) is 5.85. The molecule has 1 aromatic carbocycles. The Balaban J connectivity index is 1.42. The van der Waals surface area contributed by atoms with E-state index in [0.29, 0.717) is 16.9 Å². The van der Waals surface area contributed by atoms with Gasteiger partial charge < -0.3 is 9.84 Å². The average Bonchev–Trinajstić information content (AvgIpc) is 3.68. The second kappa shape index (κ2) is 8.21. The molecule has 0 spiro atoms. The zero-order chi connectivity index (χ0) is 23.4. The topological polar surface area (TPSA) is 76.0 Å². The number of nitrogens with zero attached hydrogens (tertiary/aromatic N) is 3. The van der Waals surface area contributed by atoms with Crippen LogP contribution in [0.1, 0.15) is 36.4 Å². The molecule has 2 aliphatic rings. The Kier molecular flexibility index (Phi) is 5.61. The van der Waals surface area contributed by atoms with Crippen LogP contribution in [0.25, 0.3) is 0 Å². The molecule has 3 aromatic rings. The molecule has 5 rings (SSSR count). The van der Waals surface area contributed by atoms with Gasteiger partial charge in [0.15, 0.2) is 5.69 Å². The summed E-state index contributed by atoms with van der Waals surface area (Å²) >= 11 is 8.48. The quantitative estimate of drug-likeness (QED) is 0.367. The molecule has 2 saturated carbocycles. The lowest BCUT2D eigenvalue weighted by Gasteiger charge is -2.29. The van der Waals surface area contributed by atoms with Crippen LogP contribution in [0.15, 0.2) is 47.2 Å². The second-order valence-electron chi connectivity index (χ2n) is 8.61. The van der Waals surface area contributed by atoms with Crippen molar-refractivity contribution in [3.63, 3.8) is 0 Å². The molecule has 2 N–H and O–H groups in total. The van der Waals surface area contributed by atoms with Gasteiger partial charge in [0.05, 0.1) is 12.1 Å². The molecule has 3 unspecified atom stereocenters. The van der Waals surface area contributed by atoms with E-state index in [9.17, 15) is 18.3 Å². The highest BCUT2D eigenvalue weighted by molar-refractivity contribution is 9.10. The Morgan fingerprint density at radius 3 is 2.52 bits per heavy atom. The van der Waals surface area contributed by atoms with Crippen molar-refractivity contribution < 1.29 is 23.0 Å². The summed E-state index contributed by atoms with van der Waals surface area (Å²) in [5.41, 5.74) is -2.05. The molecular formula is C22H20BrF3N4O2S. The number of halogens is 4. The largest absolute Gasteiger partial charge is 0.439 e. The monoisotopic (exact) mass is 540 g/mol. The summed E-state index contributed by atoms with van der Waals surface area (Å²) in [4.78, 5) is 7.78. The van der Waals surface area contributed by atoms with Crippen LogP contribution in [0.4, 0.5) is 13.2 Å². The van der Waals surface area contributed by atoms with Crippen molar-refractivity contribution in [2.75, 3.05) is 0 Å². The van der Waals surface area contributed by atoms with Gasteiger partial charge in [0.2, 0.25) is 10.7 Å². The van der Waals surface area contributed by atoms with Crippen LogP contribution in [0.5, 0.6) is 11.6 Å². The van der Waals surface area contributed by atoms with Gasteiger partial charge in [-0.25, -0.2) is 9.97 Å². The predicted molar refractivity (Wildman–Crippen MR) is 119 cm³/mol. The summed E-state index contributed by atoms with van der Waals surface area (Å²) in [6.07, 6.45) is -1.08. The lowest BCUT2D eigenvalue weighted by atomic mass is 9.88. The van der Waals surface area contributed by atoms with Gasteiger partial charge in [-0.15, -0.1) is 0 Å². The number of H-pyrrole nitrogens is 1. The summed E-state index contributed by atoms with van der Waals surface area (Å²) < 4.78 is 50.1. The molecule has 0 radical (unpaired) electrons. The van der Waals surface area contributed by atoms with E-state index in [0.717, 1.165) is 17.3 Å². The van der Waals surface area contributed by atoms with Crippen LogP contribution in [0.3, 0.4) is 0 Å². The van der Waals surface area contributed by atoms with E-state index >= 15 is 0 Å². The van der Waals surface area contributed by atoms with Crippen LogP contribution in [0, 0.1) is 16.6 Å². The first kappa shape index (κ1) is 22.5. The minimum absolute atomic E-state index is 0.0278. The number of pyridine rings is 1. The number of aliphatic hydroxyl groups is 1. The summed E-state index contributed by atoms with van der Waals surface area (Å²) in [5.74, 6) is -0.489. The van der Waals surface area contributed by atoms with Gasteiger partial charge in [-0.2, -0.15) is 13.2 Å². The number of aromatic nitrogens is 4. The summed E-state index contributed by atoms with van der Waals surface area (Å²) in [6.45, 7) is 0.178. The fourth-order valence-corrected chi connectivity index (χ4v) is 4.96. The Labute approximate surface area is 200 Å². The standard InChI is InChI=1S/C22H20BrF3N4O2S/c23-13-3-5-14(6-4-13)32-18-8-7-15(19(29-18)22(24,25)26)16-9-17(16)21(31,12-1-2-12)10-30-20(33)27-11-28-30/h3-8,11-12,16-17,31H,1-2,9-10H2,(H,27,28,33). The molecule has 2 aromatic heterocycles. The molecule has 2 heterocycles. The molecule has 174 valence electrons. The highest BCUT2D eigenvalue weighted by Crippen LogP contribution is 2.61. The number of alkyl halides is 3. The molecular weight excluding hydrogens is 521 g/mol. The highest BCUT2D eigenvalue weighted by atomic mass is 79.9. The first-order chi connectivity index (χ1) is 15.6. The molecule has 2 fully saturated rings. The minimum atomic E-state index is -4.65. The smallest absolute Gasteiger partial charge is 0.433 e. The van der Waals surface area contributed by atoms with Gasteiger partial charge in [-0.3, -0.25) is 9.78 Å². The second-order valence-corrected chi connectivity index (χ2v) is 9.89. The number of aromatic amines is 1. The Hall–Kier alpha value is -2.24. The van der Waals surface area contributed by atoms with Crippen LogP contribution in [-0.4, -0.2) is 30.5 Å². The van der Waals surface area contributed by atoms with Crippen molar-refractivity contribution in [1.29, 1.82) is 0 Å². The van der Waals surface area contributed by atoms with Crippen LogP contribution in [-0.2, 0) is 12.7 Å². The third-order valence-corrected chi connectivity index (χ3v) is 7.21. The van der Waals surface area contributed by atoms with E-state index in [1.165, 1.54) is 18.5 Å².